The van der Waals surface area contributed by atoms with Crippen molar-refractivity contribution in [2.75, 3.05) is 26.2 Å². The molecule has 0 spiro atoms. The lowest BCUT2D eigenvalue weighted by molar-refractivity contribution is -0.121. The molecule has 1 saturated heterocycles. The molecule has 2 rings (SSSR count). The molecule has 2 N–H and O–H groups in total. The molecule has 0 aliphatic carbocycles. The number of nitrogens with zero attached hydrogens (tertiary/aromatic N) is 1. The van der Waals surface area contributed by atoms with Crippen molar-refractivity contribution in [3.05, 3.63) is 30.1 Å². The number of pyridine rings is 1. The van der Waals surface area contributed by atoms with Gasteiger partial charge in [-0.1, -0.05) is 6.07 Å². The van der Waals surface area contributed by atoms with Gasteiger partial charge in [0.05, 0.1) is 12.7 Å². The van der Waals surface area contributed by atoms with Gasteiger partial charge in [-0.15, -0.1) is 0 Å². The van der Waals surface area contributed by atoms with E-state index < -0.39 is 0 Å². The summed E-state index contributed by atoms with van der Waals surface area (Å²) in [7, 11) is 0. The smallest absolute Gasteiger partial charge is 0.220 e. The average molecular weight is 249 g/mol. The second-order valence-electron chi connectivity index (χ2n) is 4.36. The number of carbonyl (C=O) groups is 1. The zero-order chi connectivity index (χ0) is 12.6. The fourth-order valence-corrected chi connectivity index (χ4v) is 1.87. The summed E-state index contributed by atoms with van der Waals surface area (Å²) in [5.41, 5.74) is 1.09. The summed E-state index contributed by atoms with van der Waals surface area (Å²) in [6.45, 7) is 3.00. The zero-order valence-corrected chi connectivity index (χ0v) is 10.4. The van der Waals surface area contributed by atoms with E-state index in [4.69, 9.17) is 4.74 Å². The molecule has 0 radical (unpaired) electrons. The van der Waals surface area contributed by atoms with E-state index in [9.17, 15) is 4.79 Å². The number of ether oxygens (including phenoxy) is 1. The molecule has 1 amide bonds. The molecule has 1 atom stereocenters. The van der Waals surface area contributed by atoms with Crippen molar-refractivity contribution in [3.63, 3.8) is 0 Å². The van der Waals surface area contributed by atoms with E-state index in [1.54, 1.807) is 12.4 Å². The Morgan fingerprint density at radius 1 is 1.61 bits per heavy atom. The lowest BCUT2D eigenvalue weighted by Gasteiger charge is -2.23. The van der Waals surface area contributed by atoms with Crippen LogP contribution in [-0.2, 0) is 16.0 Å². The van der Waals surface area contributed by atoms with Gasteiger partial charge in [0, 0.05) is 38.4 Å². The molecule has 0 aromatic carbocycles. The second kappa shape index (κ2) is 7.08. The largest absolute Gasteiger partial charge is 0.374 e. The highest BCUT2D eigenvalue weighted by Gasteiger charge is 2.13. The molecule has 1 aliphatic heterocycles. The number of carbonyl (C=O) groups excluding carboxylic acids is 1. The summed E-state index contributed by atoms with van der Waals surface area (Å²) in [4.78, 5) is 15.7. The second-order valence-corrected chi connectivity index (χ2v) is 4.36. The van der Waals surface area contributed by atoms with Crippen LogP contribution in [0.5, 0.6) is 0 Å². The monoisotopic (exact) mass is 249 g/mol. The normalized spacial score (nSPS) is 19.4. The van der Waals surface area contributed by atoms with Crippen LogP contribution in [0.4, 0.5) is 0 Å². The third-order valence-corrected chi connectivity index (χ3v) is 2.89. The third kappa shape index (κ3) is 4.43. The van der Waals surface area contributed by atoms with E-state index in [0.29, 0.717) is 13.0 Å². The Bertz CT molecular complexity index is 364. The summed E-state index contributed by atoms with van der Waals surface area (Å²) in [6.07, 6.45) is 4.84. The number of hydrogen-bond donors (Lipinski definition) is 2. The number of rotatable bonds is 5. The van der Waals surface area contributed by atoms with Crippen molar-refractivity contribution in [2.45, 2.75) is 18.9 Å². The molecular weight excluding hydrogens is 230 g/mol. The summed E-state index contributed by atoms with van der Waals surface area (Å²) in [5, 5.41) is 6.13. The summed E-state index contributed by atoms with van der Waals surface area (Å²) in [6, 6.07) is 3.86. The topological polar surface area (TPSA) is 63.2 Å². The molecule has 1 fully saturated rings. The maximum Gasteiger partial charge on any atom is 0.220 e. The zero-order valence-electron chi connectivity index (χ0n) is 10.4. The molecule has 18 heavy (non-hydrogen) atoms. The predicted octanol–water partition coefficient (Wildman–Crippen LogP) is 0.119. The Kier molecular flexibility index (Phi) is 5.11. The minimum Gasteiger partial charge on any atom is -0.374 e. The van der Waals surface area contributed by atoms with Gasteiger partial charge in [-0.05, 0) is 18.1 Å². The van der Waals surface area contributed by atoms with Gasteiger partial charge >= 0.3 is 0 Å². The number of nitrogens with one attached hydrogen (secondary N) is 2. The van der Waals surface area contributed by atoms with Crippen LogP contribution in [0.2, 0.25) is 0 Å². The molecule has 0 bridgehead atoms. The van der Waals surface area contributed by atoms with Gasteiger partial charge < -0.3 is 15.4 Å². The molecule has 5 nitrogen and oxygen atoms in total. The van der Waals surface area contributed by atoms with Gasteiger partial charge in [-0.3, -0.25) is 9.78 Å². The molecule has 5 heteroatoms. The van der Waals surface area contributed by atoms with Crippen molar-refractivity contribution in [1.82, 2.24) is 15.6 Å². The highest BCUT2D eigenvalue weighted by Crippen LogP contribution is 2.00. The van der Waals surface area contributed by atoms with Crippen LogP contribution in [0.1, 0.15) is 12.0 Å². The maximum absolute atomic E-state index is 11.7. The highest BCUT2D eigenvalue weighted by molar-refractivity contribution is 5.76. The van der Waals surface area contributed by atoms with Crippen LogP contribution in [0.25, 0.3) is 0 Å². The standard InChI is InChI=1S/C13H19N3O2/c17-13(4-3-11-2-1-5-14-8-11)16-10-12-9-15-6-7-18-12/h1-2,5,8,12,15H,3-4,6-7,9-10H2,(H,16,17). The van der Waals surface area contributed by atoms with E-state index in [-0.39, 0.29) is 12.0 Å². The molecule has 0 saturated carbocycles. The lowest BCUT2D eigenvalue weighted by Crippen LogP contribution is -2.45. The van der Waals surface area contributed by atoms with Gasteiger partial charge in [-0.25, -0.2) is 0 Å². The Hall–Kier alpha value is -1.46. The molecule has 1 unspecified atom stereocenters. The molecule has 1 aromatic heterocycles. The van der Waals surface area contributed by atoms with Crippen LogP contribution in [0, 0.1) is 0 Å². The Balaban J connectivity index is 1.63. The lowest BCUT2D eigenvalue weighted by atomic mass is 10.1. The fraction of sp³-hybridized carbons (Fsp3) is 0.538. The van der Waals surface area contributed by atoms with Gasteiger partial charge in [0.15, 0.2) is 0 Å². The molecule has 2 heterocycles. The quantitative estimate of drug-likeness (QED) is 0.778. The number of morpholine rings is 1. The predicted molar refractivity (Wildman–Crippen MR) is 68.2 cm³/mol. The number of hydrogen-bond acceptors (Lipinski definition) is 4. The fourth-order valence-electron chi connectivity index (χ4n) is 1.87. The van der Waals surface area contributed by atoms with E-state index in [1.807, 2.05) is 12.1 Å². The minimum atomic E-state index is 0.0630. The van der Waals surface area contributed by atoms with Crippen LogP contribution >= 0.6 is 0 Å². The summed E-state index contributed by atoms with van der Waals surface area (Å²) in [5.74, 6) is 0.0630. The van der Waals surface area contributed by atoms with Gasteiger partial charge in [0.1, 0.15) is 0 Å². The van der Waals surface area contributed by atoms with Crippen LogP contribution in [-0.4, -0.2) is 43.2 Å². The van der Waals surface area contributed by atoms with Crippen molar-refractivity contribution in [1.29, 1.82) is 0 Å². The highest BCUT2D eigenvalue weighted by atomic mass is 16.5. The third-order valence-electron chi connectivity index (χ3n) is 2.89. The Morgan fingerprint density at radius 2 is 2.56 bits per heavy atom. The van der Waals surface area contributed by atoms with Gasteiger partial charge in [0.2, 0.25) is 5.91 Å². The number of aryl methyl sites for hydroxylation is 1. The minimum absolute atomic E-state index is 0.0630. The van der Waals surface area contributed by atoms with E-state index in [0.717, 1.165) is 31.7 Å². The molecular formula is C13H19N3O2. The van der Waals surface area contributed by atoms with Crippen LogP contribution in [0.15, 0.2) is 24.5 Å². The number of aromatic nitrogens is 1. The number of amides is 1. The Morgan fingerprint density at radius 3 is 3.28 bits per heavy atom. The van der Waals surface area contributed by atoms with Crippen molar-refractivity contribution >= 4 is 5.91 Å². The molecule has 1 aliphatic rings. The first-order valence-corrected chi connectivity index (χ1v) is 6.32. The van der Waals surface area contributed by atoms with E-state index in [1.165, 1.54) is 0 Å². The summed E-state index contributed by atoms with van der Waals surface area (Å²) < 4.78 is 5.50. The average Bonchev–Trinajstić information content (AvgIpc) is 2.45. The first kappa shape index (κ1) is 13.0. The van der Waals surface area contributed by atoms with Gasteiger partial charge in [0.25, 0.3) is 0 Å². The van der Waals surface area contributed by atoms with Crippen LogP contribution < -0.4 is 10.6 Å². The Labute approximate surface area is 107 Å². The van der Waals surface area contributed by atoms with Gasteiger partial charge in [-0.2, -0.15) is 0 Å². The molecule has 98 valence electrons. The first-order chi connectivity index (χ1) is 8.84. The van der Waals surface area contributed by atoms with Crippen molar-refractivity contribution in [2.24, 2.45) is 0 Å². The molecule has 1 aromatic rings. The van der Waals surface area contributed by atoms with E-state index >= 15 is 0 Å². The van der Waals surface area contributed by atoms with Crippen LogP contribution in [0.3, 0.4) is 0 Å². The van der Waals surface area contributed by atoms with E-state index in [2.05, 4.69) is 15.6 Å². The maximum atomic E-state index is 11.7. The SMILES string of the molecule is O=C(CCc1cccnc1)NCC1CNCCO1. The first-order valence-electron chi connectivity index (χ1n) is 6.32. The van der Waals surface area contributed by atoms with Crippen molar-refractivity contribution < 1.29 is 9.53 Å². The van der Waals surface area contributed by atoms with Crippen molar-refractivity contribution in [3.8, 4) is 0 Å². The summed E-state index contributed by atoms with van der Waals surface area (Å²) >= 11 is 0.